The van der Waals surface area contributed by atoms with Gasteiger partial charge in [-0.05, 0) is 0 Å². The Morgan fingerprint density at radius 1 is 0.688 bits per heavy atom. The molecule has 10 heteroatoms. The normalized spacial score (nSPS) is 11.8. The minimum absolute atomic E-state index is 0.0915. The zero-order valence-electron chi connectivity index (χ0n) is 17.4. The molecule has 2 aromatic carbocycles. The summed E-state index contributed by atoms with van der Waals surface area (Å²) < 4.78 is 0. The fraction of sp³-hybridized carbons (Fsp3) is 0.273. The molecule has 2 rings (SSSR count). The number of carbonyl (C=O) groups excluding carboxylic acids is 2. The van der Waals surface area contributed by atoms with Gasteiger partial charge in [0, 0.05) is 0 Å². The first kappa shape index (κ1) is 25.6. The molecule has 4 N–H and O–H groups in total. The molecule has 0 atom stereocenters. The van der Waals surface area contributed by atoms with E-state index in [2.05, 4.69) is 20.9 Å². The van der Waals surface area contributed by atoms with Crippen LogP contribution in [0.5, 0.6) is 0 Å². The first-order chi connectivity index (χ1) is 15.6. The van der Waals surface area contributed by atoms with Crippen molar-refractivity contribution in [3.05, 3.63) is 71.8 Å². The minimum atomic E-state index is -0.360. The van der Waals surface area contributed by atoms with Crippen molar-refractivity contribution in [2.45, 2.75) is 23.5 Å². The van der Waals surface area contributed by atoms with E-state index in [1.165, 1.54) is 0 Å². The number of benzene rings is 2. The van der Waals surface area contributed by atoms with Crippen LogP contribution >= 0.6 is 0 Å². The SMILES string of the molecule is O=C(NCC[Se][Se]CCNC(=O)C(Cc1ccccc1)=NO)C(Cc1ccccc1)=NO. The van der Waals surface area contributed by atoms with Crippen molar-refractivity contribution in [3.63, 3.8) is 0 Å². The molecule has 32 heavy (non-hydrogen) atoms. The molecule has 0 aliphatic carbocycles. The monoisotopic (exact) mass is 570 g/mol. The van der Waals surface area contributed by atoms with Gasteiger partial charge < -0.3 is 0 Å². The summed E-state index contributed by atoms with van der Waals surface area (Å²) in [6, 6.07) is 18.8. The molecule has 8 nitrogen and oxygen atoms in total. The number of oxime groups is 2. The predicted octanol–water partition coefficient (Wildman–Crippen LogP) is 1.52. The van der Waals surface area contributed by atoms with Crippen molar-refractivity contribution in [2.24, 2.45) is 10.3 Å². The average Bonchev–Trinajstić information content (AvgIpc) is 2.83. The molecule has 0 saturated heterocycles. The van der Waals surface area contributed by atoms with Gasteiger partial charge in [0.1, 0.15) is 0 Å². The van der Waals surface area contributed by atoms with Gasteiger partial charge in [0.05, 0.1) is 0 Å². The van der Waals surface area contributed by atoms with Crippen molar-refractivity contribution in [3.8, 4) is 0 Å². The maximum absolute atomic E-state index is 12.1. The zero-order valence-corrected chi connectivity index (χ0v) is 20.9. The molecule has 0 spiro atoms. The van der Waals surface area contributed by atoms with Gasteiger partial charge in [-0.25, -0.2) is 0 Å². The van der Waals surface area contributed by atoms with Crippen LogP contribution in [0.25, 0.3) is 0 Å². The summed E-state index contributed by atoms with van der Waals surface area (Å²) in [5, 5.41) is 31.8. The first-order valence-corrected chi connectivity index (χ1v) is 16.7. The topological polar surface area (TPSA) is 123 Å². The fourth-order valence-corrected chi connectivity index (χ4v) is 8.29. The van der Waals surface area contributed by atoms with Crippen molar-refractivity contribution in [1.29, 1.82) is 0 Å². The first-order valence-electron chi connectivity index (χ1n) is 9.94. The Bertz CT molecular complexity index is 833. The van der Waals surface area contributed by atoms with E-state index in [1.54, 1.807) is 0 Å². The van der Waals surface area contributed by atoms with E-state index in [9.17, 15) is 9.59 Å². The van der Waals surface area contributed by atoms with Crippen LogP contribution in [0.3, 0.4) is 0 Å². The summed E-state index contributed by atoms with van der Waals surface area (Å²) in [4.78, 5) is 24.3. The second-order valence-electron chi connectivity index (χ2n) is 6.57. The van der Waals surface area contributed by atoms with Crippen molar-refractivity contribution in [1.82, 2.24) is 10.6 Å². The van der Waals surface area contributed by atoms with Crippen LogP contribution in [0.2, 0.25) is 10.6 Å². The molecule has 0 bridgehead atoms. The van der Waals surface area contributed by atoms with Gasteiger partial charge in [-0.1, -0.05) is 0 Å². The van der Waals surface area contributed by atoms with Crippen molar-refractivity contribution >= 4 is 49.5 Å². The number of hydrogen-bond donors (Lipinski definition) is 4. The third-order valence-electron chi connectivity index (χ3n) is 4.22. The van der Waals surface area contributed by atoms with Crippen LogP contribution < -0.4 is 10.6 Å². The van der Waals surface area contributed by atoms with E-state index in [0.29, 0.717) is 39.4 Å². The molecule has 170 valence electrons. The number of nitrogens with one attached hydrogen (secondary N) is 2. The molecule has 0 aliphatic heterocycles. The van der Waals surface area contributed by atoms with E-state index < -0.39 is 0 Å². The summed E-state index contributed by atoms with van der Waals surface area (Å²) >= 11 is 0.748. The second kappa shape index (κ2) is 15.2. The zero-order chi connectivity index (χ0) is 23.0. The van der Waals surface area contributed by atoms with Crippen LogP contribution in [0.4, 0.5) is 0 Å². The average molecular weight is 568 g/mol. The van der Waals surface area contributed by atoms with Gasteiger partial charge in [-0.3, -0.25) is 0 Å². The molecule has 0 aromatic heterocycles. The summed E-state index contributed by atoms with van der Waals surface area (Å²) in [6.45, 7) is 1.05. The summed E-state index contributed by atoms with van der Waals surface area (Å²) in [7, 11) is 0. The Balaban J connectivity index is 1.56. The third kappa shape index (κ3) is 9.66. The van der Waals surface area contributed by atoms with E-state index >= 15 is 0 Å². The summed E-state index contributed by atoms with van der Waals surface area (Å²) in [6.07, 6.45) is 0.558. The number of nitrogens with zero attached hydrogens (tertiary/aromatic N) is 2. The molecule has 0 heterocycles. The van der Waals surface area contributed by atoms with E-state index in [-0.39, 0.29) is 36.1 Å². The molecule has 0 saturated carbocycles. The molecule has 0 fully saturated rings. The Morgan fingerprint density at radius 3 is 1.41 bits per heavy atom. The van der Waals surface area contributed by atoms with Gasteiger partial charge in [-0.15, -0.1) is 0 Å². The van der Waals surface area contributed by atoms with Crippen molar-refractivity contribution in [2.75, 3.05) is 13.1 Å². The van der Waals surface area contributed by atoms with Gasteiger partial charge in [0.2, 0.25) is 0 Å². The standard InChI is InChI=1S/C22H26N4O4Se2/c27-21(19(25-29)15-17-7-3-1-4-8-17)23-11-13-31-32-14-12-24-22(28)20(26-30)16-18-9-5-2-6-10-18/h1-10,29-30H,11-16H2,(H,23,27)(H,24,28). The van der Waals surface area contributed by atoms with E-state index in [1.807, 2.05) is 60.7 Å². The summed E-state index contributed by atoms with van der Waals surface area (Å²) in [5.74, 6) is -0.720. The predicted molar refractivity (Wildman–Crippen MR) is 126 cm³/mol. The molecular weight excluding hydrogens is 542 g/mol. The van der Waals surface area contributed by atoms with Gasteiger partial charge in [0.25, 0.3) is 0 Å². The van der Waals surface area contributed by atoms with Crippen LogP contribution in [0, 0.1) is 0 Å². The van der Waals surface area contributed by atoms with Crippen LogP contribution in [0.1, 0.15) is 11.1 Å². The number of rotatable bonds is 13. The number of hydrogen-bond acceptors (Lipinski definition) is 6. The molecule has 0 aliphatic rings. The quantitative estimate of drug-likeness (QED) is 0.0963. The van der Waals surface area contributed by atoms with Gasteiger partial charge >= 0.3 is 199 Å². The summed E-state index contributed by atoms with van der Waals surface area (Å²) in [5.41, 5.74) is 1.99. The second-order valence-corrected chi connectivity index (χ2v) is 14.4. The molecule has 0 radical (unpaired) electrons. The Hall–Kier alpha value is -2.64. The molecule has 2 amide bonds. The van der Waals surface area contributed by atoms with Crippen molar-refractivity contribution < 1.29 is 20.0 Å². The Kier molecular flexibility index (Phi) is 12.2. The van der Waals surface area contributed by atoms with Crippen LogP contribution in [-0.2, 0) is 22.4 Å². The number of amides is 2. The van der Waals surface area contributed by atoms with E-state index in [4.69, 9.17) is 10.4 Å². The van der Waals surface area contributed by atoms with E-state index in [0.717, 1.165) is 21.8 Å². The Labute approximate surface area is 198 Å². The number of carbonyl (C=O) groups is 2. The molecular formula is C22H26N4O4Se2. The van der Waals surface area contributed by atoms with Gasteiger partial charge in [-0.2, -0.15) is 0 Å². The third-order valence-corrected chi connectivity index (χ3v) is 11.6. The van der Waals surface area contributed by atoms with Gasteiger partial charge in [0.15, 0.2) is 0 Å². The molecule has 0 unspecified atom stereocenters. The van der Waals surface area contributed by atoms with Crippen LogP contribution in [-0.4, -0.2) is 73.0 Å². The van der Waals surface area contributed by atoms with Crippen LogP contribution in [0.15, 0.2) is 71.0 Å². The maximum atomic E-state index is 12.1. The molecule has 2 aromatic rings. The Morgan fingerprint density at radius 2 is 1.06 bits per heavy atom. The fourth-order valence-electron chi connectivity index (χ4n) is 2.63.